The molecular formula is C19H19F3O4. The fourth-order valence-electron chi connectivity index (χ4n) is 2.79. The van der Waals surface area contributed by atoms with Crippen LogP contribution in [0.1, 0.15) is 53.3 Å². The highest BCUT2D eigenvalue weighted by Crippen LogP contribution is 2.35. The molecule has 2 aromatic rings. The van der Waals surface area contributed by atoms with E-state index in [1.807, 2.05) is 6.92 Å². The van der Waals surface area contributed by atoms with Crippen molar-refractivity contribution in [3.63, 3.8) is 0 Å². The van der Waals surface area contributed by atoms with E-state index in [4.69, 9.17) is 5.11 Å². The van der Waals surface area contributed by atoms with Crippen molar-refractivity contribution < 1.29 is 32.9 Å². The lowest BCUT2D eigenvalue weighted by atomic mass is 9.85. The Bertz CT molecular complexity index is 724. The average molecular weight is 368 g/mol. The summed E-state index contributed by atoms with van der Waals surface area (Å²) >= 11 is 0. The standard InChI is InChI=1S/C19H19F3O4/c1-2-3-16(12-4-6-14(7-5-12)18(24)25)17(23)13-8-10-15(11-9-13)26-19(20,21)22/h4-11,16-17,23H,2-3H2,1H3,(H,24,25). The Hall–Kier alpha value is -2.54. The second-order valence-electron chi connectivity index (χ2n) is 5.88. The zero-order chi connectivity index (χ0) is 19.3. The topological polar surface area (TPSA) is 66.8 Å². The number of carboxylic acid groups (broad SMARTS) is 1. The Morgan fingerprint density at radius 2 is 1.58 bits per heavy atom. The summed E-state index contributed by atoms with van der Waals surface area (Å²) in [6.45, 7) is 1.95. The summed E-state index contributed by atoms with van der Waals surface area (Å²) in [5.74, 6) is -1.70. The van der Waals surface area contributed by atoms with E-state index in [1.165, 1.54) is 24.3 Å². The van der Waals surface area contributed by atoms with Crippen LogP contribution in [-0.2, 0) is 0 Å². The molecule has 2 N–H and O–H groups in total. The molecule has 0 aliphatic heterocycles. The highest BCUT2D eigenvalue weighted by atomic mass is 19.4. The smallest absolute Gasteiger partial charge is 0.478 e. The molecule has 0 fully saturated rings. The van der Waals surface area contributed by atoms with E-state index in [-0.39, 0.29) is 17.2 Å². The SMILES string of the molecule is CCCC(c1ccc(C(=O)O)cc1)C(O)c1ccc(OC(F)(F)F)cc1. The van der Waals surface area contributed by atoms with Crippen molar-refractivity contribution in [3.8, 4) is 5.75 Å². The molecule has 0 bridgehead atoms. The predicted molar refractivity (Wildman–Crippen MR) is 89.1 cm³/mol. The molecule has 0 amide bonds. The van der Waals surface area contributed by atoms with Crippen molar-refractivity contribution in [2.45, 2.75) is 38.1 Å². The van der Waals surface area contributed by atoms with Crippen LogP contribution >= 0.6 is 0 Å². The molecule has 0 aromatic heterocycles. The molecule has 0 aliphatic rings. The fourth-order valence-corrected chi connectivity index (χ4v) is 2.79. The molecule has 26 heavy (non-hydrogen) atoms. The number of carboxylic acids is 1. The van der Waals surface area contributed by atoms with Gasteiger partial charge in [0, 0.05) is 5.92 Å². The number of carbonyl (C=O) groups is 1. The number of hydrogen-bond acceptors (Lipinski definition) is 3. The van der Waals surface area contributed by atoms with Crippen LogP contribution in [0.5, 0.6) is 5.75 Å². The normalized spacial score (nSPS) is 13.9. The maximum absolute atomic E-state index is 12.2. The first-order valence-corrected chi connectivity index (χ1v) is 8.08. The largest absolute Gasteiger partial charge is 0.573 e. The predicted octanol–water partition coefficient (Wildman–Crippen LogP) is 4.90. The molecule has 0 heterocycles. The summed E-state index contributed by atoms with van der Waals surface area (Å²) in [7, 11) is 0. The lowest BCUT2D eigenvalue weighted by Gasteiger charge is -2.24. The van der Waals surface area contributed by atoms with Gasteiger partial charge >= 0.3 is 12.3 Å². The zero-order valence-corrected chi connectivity index (χ0v) is 14.0. The van der Waals surface area contributed by atoms with E-state index in [0.717, 1.165) is 24.1 Å². The number of benzene rings is 2. The van der Waals surface area contributed by atoms with Gasteiger partial charge < -0.3 is 14.9 Å². The van der Waals surface area contributed by atoms with E-state index in [2.05, 4.69) is 4.74 Å². The molecule has 0 radical (unpaired) electrons. The summed E-state index contributed by atoms with van der Waals surface area (Å²) < 4.78 is 40.5. The summed E-state index contributed by atoms with van der Waals surface area (Å²) in [5.41, 5.74) is 1.37. The molecule has 2 unspecified atom stereocenters. The molecule has 0 saturated heterocycles. The lowest BCUT2D eigenvalue weighted by Crippen LogP contribution is -2.17. The van der Waals surface area contributed by atoms with Gasteiger partial charge in [-0.15, -0.1) is 13.2 Å². The zero-order valence-electron chi connectivity index (χ0n) is 14.0. The van der Waals surface area contributed by atoms with Gasteiger partial charge in [-0.3, -0.25) is 0 Å². The second kappa shape index (κ2) is 8.23. The summed E-state index contributed by atoms with van der Waals surface area (Å²) in [6, 6.07) is 11.3. The number of aliphatic hydroxyl groups is 1. The van der Waals surface area contributed by atoms with Gasteiger partial charge in [-0.25, -0.2) is 4.79 Å². The Morgan fingerprint density at radius 3 is 2.04 bits per heavy atom. The van der Waals surface area contributed by atoms with E-state index >= 15 is 0 Å². The van der Waals surface area contributed by atoms with Crippen molar-refractivity contribution in [2.24, 2.45) is 0 Å². The first kappa shape index (κ1) is 19.8. The molecule has 0 saturated carbocycles. The van der Waals surface area contributed by atoms with Gasteiger partial charge in [0.25, 0.3) is 0 Å². The van der Waals surface area contributed by atoms with Gasteiger partial charge in [-0.1, -0.05) is 37.6 Å². The van der Waals surface area contributed by atoms with E-state index in [0.29, 0.717) is 12.0 Å². The molecule has 0 spiro atoms. The highest BCUT2D eigenvalue weighted by Gasteiger charge is 2.31. The number of rotatable bonds is 7. The van der Waals surface area contributed by atoms with Crippen LogP contribution < -0.4 is 4.74 Å². The molecule has 2 atom stereocenters. The molecule has 2 aromatic carbocycles. The average Bonchev–Trinajstić information content (AvgIpc) is 2.58. The van der Waals surface area contributed by atoms with Crippen LogP contribution in [0, 0.1) is 0 Å². The number of hydrogen-bond donors (Lipinski definition) is 2. The highest BCUT2D eigenvalue weighted by molar-refractivity contribution is 5.87. The van der Waals surface area contributed by atoms with Crippen molar-refractivity contribution in [1.82, 2.24) is 0 Å². The van der Waals surface area contributed by atoms with Gasteiger partial charge in [0.2, 0.25) is 0 Å². The third kappa shape index (κ3) is 5.23. The summed E-state index contributed by atoms with van der Waals surface area (Å²) in [6.07, 6.45) is -4.30. The minimum absolute atomic E-state index is 0.146. The Kier molecular flexibility index (Phi) is 6.26. The Balaban J connectivity index is 2.22. The summed E-state index contributed by atoms with van der Waals surface area (Å²) in [5, 5.41) is 19.7. The van der Waals surface area contributed by atoms with Crippen LogP contribution in [-0.4, -0.2) is 22.5 Å². The van der Waals surface area contributed by atoms with Crippen molar-refractivity contribution in [2.75, 3.05) is 0 Å². The maximum Gasteiger partial charge on any atom is 0.573 e. The molecule has 0 aliphatic carbocycles. The number of ether oxygens (including phenoxy) is 1. The molecular weight excluding hydrogens is 349 g/mol. The molecule has 7 heteroatoms. The van der Waals surface area contributed by atoms with Crippen molar-refractivity contribution >= 4 is 5.97 Å². The molecule has 2 rings (SSSR count). The maximum atomic E-state index is 12.2. The van der Waals surface area contributed by atoms with Crippen molar-refractivity contribution in [1.29, 1.82) is 0 Å². The first-order valence-electron chi connectivity index (χ1n) is 8.08. The minimum Gasteiger partial charge on any atom is -0.478 e. The van der Waals surface area contributed by atoms with Gasteiger partial charge in [-0.2, -0.15) is 0 Å². The summed E-state index contributed by atoms with van der Waals surface area (Å²) in [4.78, 5) is 11.0. The van der Waals surface area contributed by atoms with E-state index < -0.39 is 18.4 Å². The van der Waals surface area contributed by atoms with Crippen LogP contribution in [0.25, 0.3) is 0 Å². The van der Waals surface area contributed by atoms with Crippen LogP contribution in [0.4, 0.5) is 13.2 Å². The number of aliphatic hydroxyl groups excluding tert-OH is 1. The van der Waals surface area contributed by atoms with Gasteiger partial charge in [0.05, 0.1) is 11.7 Å². The fraction of sp³-hybridized carbons (Fsp3) is 0.316. The van der Waals surface area contributed by atoms with E-state index in [9.17, 15) is 23.1 Å². The number of aromatic carboxylic acids is 1. The van der Waals surface area contributed by atoms with Gasteiger partial charge in [-0.05, 0) is 41.8 Å². The van der Waals surface area contributed by atoms with Crippen LogP contribution in [0.15, 0.2) is 48.5 Å². The van der Waals surface area contributed by atoms with E-state index in [1.54, 1.807) is 12.1 Å². The monoisotopic (exact) mass is 368 g/mol. The third-order valence-electron chi connectivity index (χ3n) is 4.02. The van der Waals surface area contributed by atoms with Crippen molar-refractivity contribution in [3.05, 3.63) is 65.2 Å². The lowest BCUT2D eigenvalue weighted by molar-refractivity contribution is -0.274. The molecule has 4 nitrogen and oxygen atoms in total. The van der Waals surface area contributed by atoms with Crippen LogP contribution in [0.2, 0.25) is 0 Å². The van der Waals surface area contributed by atoms with Gasteiger partial charge in [0.15, 0.2) is 0 Å². The van der Waals surface area contributed by atoms with Crippen LogP contribution in [0.3, 0.4) is 0 Å². The number of halogens is 3. The minimum atomic E-state index is -4.77. The number of alkyl halides is 3. The first-order chi connectivity index (χ1) is 12.2. The Labute approximate surface area is 148 Å². The van der Waals surface area contributed by atoms with Gasteiger partial charge in [0.1, 0.15) is 5.75 Å². The second-order valence-corrected chi connectivity index (χ2v) is 5.88. The third-order valence-corrected chi connectivity index (χ3v) is 4.02. The molecule has 140 valence electrons. The Morgan fingerprint density at radius 1 is 1.04 bits per heavy atom. The quantitative estimate of drug-likeness (QED) is 0.729.